The van der Waals surface area contributed by atoms with Gasteiger partial charge in [0.1, 0.15) is 0 Å². The minimum atomic E-state index is -4.17. The largest absolute Gasteiger partial charge is 1.00 e. The van der Waals surface area contributed by atoms with E-state index in [1.165, 1.54) is 12.1 Å². The van der Waals surface area contributed by atoms with Gasteiger partial charge >= 0.3 is 29.6 Å². The maximum absolute atomic E-state index is 11.2. The predicted molar refractivity (Wildman–Crippen MR) is 75.9 cm³/mol. The molecule has 2 aromatic rings. The molecule has 0 aliphatic rings. The van der Waals surface area contributed by atoms with Gasteiger partial charge in [-0.25, -0.2) is 0 Å². The first-order valence-electron chi connectivity index (χ1n) is 5.95. The van der Waals surface area contributed by atoms with Crippen LogP contribution >= 0.6 is 0 Å². The van der Waals surface area contributed by atoms with Gasteiger partial charge < -0.3 is 1.43 Å². The molecular weight excluding hydrogens is 283 g/mol. The monoisotopic (exact) mass is 300 g/mol. The fourth-order valence-corrected chi connectivity index (χ4v) is 2.59. The summed E-state index contributed by atoms with van der Waals surface area (Å²) in [5.74, 6) is 0. The van der Waals surface area contributed by atoms with E-state index in [1.807, 2.05) is 50.2 Å². The van der Waals surface area contributed by atoms with Crippen molar-refractivity contribution >= 4 is 10.1 Å². The SMILES string of the molecule is CC(C)(c1ccccc1)c1cccc(S(=O)(=O)O)c1.[H-].[Na+]. The van der Waals surface area contributed by atoms with Gasteiger partial charge in [0, 0.05) is 5.41 Å². The third-order valence-corrected chi connectivity index (χ3v) is 4.20. The number of rotatable bonds is 3. The first kappa shape index (κ1) is 17.4. The summed E-state index contributed by atoms with van der Waals surface area (Å²) in [6, 6.07) is 16.2. The summed E-state index contributed by atoms with van der Waals surface area (Å²) in [7, 11) is -4.17. The molecule has 0 atom stereocenters. The zero-order chi connectivity index (χ0) is 14.1. The summed E-state index contributed by atoms with van der Waals surface area (Å²) in [6.07, 6.45) is 0. The molecule has 3 nitrogen and oxygen atoms in total. The Morgan fingerprint density at radius 2 is 1.50 bits per heavy atom. The Balaban J connectivity index is 0.00000200. The van der Waals surface area contributed by atoms with Gasteiger partial charge in [-0.3, -0.25) is 4.55 Å². The van der Waals surface area contributed by atoms with Crippen LogP contribution in [-0.2, 0) is 15.5 Å². The molecule has 102 valence electrons. The van der Waals surface area contributed by atoms with Crippen molar-refractivity contribution in [2.75, 3.05) is 0 Å². The van der Waals surface area contributed by atoms with Crippen LogP contribution in [0.3, 0.4) is 0 Å². The van der Waals surface area contributed by atoms with Crippen LogP contribution in [-0.4, -0.2) is 13.0 Å². The minimum absolute atomic E-state index is 0. The van der Waals surface area contributed by atoms with Crippen molar-refractivity contribution in [1.82, 2.24) is 0 Å². The molecule has 0 aliphatic carbocycles. The molecule has 0 heterocycles. The van der Waals surface area contributed by atoms with Crippen molar-refractivity contribution in [3.63, 3.8) is 0 Å². The third kappa shape index (κ3) is 3.71. The fourth-order valence-electron chi connectivity index (χ4n) is 2.07. The van der Waals surface area contributed by atoms with Crippen molar-refractivity contribution in [2.24, 2.45) is 0 Å². The Morgan fingerprint density at radius 3 is 2.05 bits per heavy atom. The van der Waals surface area contributed by atoms with Crippen LogP contribution in [0.15, 0.2) is 59.5 Å². The molecule has 0 aromatic heterocycles. The van der Waals surface area contributed by atoms with Crippen LogP contribution in [0.2, 0.25) is 0 Å². The molecular formula is C15H17NaO3S. The zero-order valence-corrected chi connectivity index (χ0v) is 14.7. The maximum Gasteiger partial charge on any atom is 1.00 e. The van der Waals surface area contributed by atoms with Gasteiger partial charge in [0.25, 0.3) is 10.1 Å². The summed E-state index contributed by atoms with van der Waals surface area (Å²) in [6.45, 7) is 4.04. The molecule has 1 N–H and O–H groups in total. The van der Waals surface area contributed by atoms with E-state index in [0.29, 0.717) is 0 Å². The Morgan fingerprint density at radius 1 is 0.950 bits per heavy atom. The molecule has 5 heteroatoms. The average molecular weight is 300 g/mol. The number of hydrogen-bond donors (Lipinski definition) is 1. The Kier molecular flexibility index (Phi) is 5.58. The van der Waals surface area contributed by atoms with E-state index in [-0.39, 0.29) is 41.3 Å². The van der Waals surface area contributed by atoms with Gasteiger partial charge in [-0.1, -0.05) is 56.3 Å². The topological polar surface area (TPSA) is 54.4 Å². The van der Waals surface area contributed by atoms with Crippen LogP contribution in [0.1, 0.15) is 26.4 Å². The first-order chi connectivity index (χ1) is 8.82. The second-order valence-electron chi connectivity index (χ2n) is 4.99. The Hall–Kier alpha value is -0.650. The fraction of sp³-hybridized carbons (Fsp3) is 0.200. The molecule has 2 aromatic carbocycles. The normalized spacial score (nSPS) is 11.8. The van der Waals surface area contributed by atoms with Crippen molar-refractivity contribution in [1.29, 1.82) is 0 Å². The van der Waals surface area contributed by atoms with Gasteiger partial charge in [0.05, 0.1) is 4.90 Å². The second kappa shape index (κ2) is 6.41. The molecule has 0 amide bonds. The van der Waals surface area contributed by atoms with Crippen LogP contribution in [0.4, 0.5) is 0 Å². The van der Waals surface area contributed by atoms with E-state index in [0.717, 1.165) is 11.1 Å². The van der Waals surface area contributed by atoms with E-state index in [2.05, 4.69) is 0 Å². The third-order valence-electron chi connectivity index (χ3n) is 3.35. The first-order valence-corrected chi connectivity index (χ1v) is 7.39. The predicted octanol–water partition coefficient (Wildman–Crippen LogP) is 0.376. The maximum atomic E-state index is 11.2. The molecule has 0 spiro atoms. The van der Waals surface area contributed by atoms with Gasteiger partial charge in [-0.05, 0) is 23.3 Å². The average Bonchev–Trinajstić information content (AvgIpc) is 2.39. The number of benzene rings is 2. The minimum Gasteiger partial charge on any atom is -1.00 e. The molecule has 0 radical (unpaired) electrons. The summed E-state index contributed by atoms with van der Waals surface area (Å²) >= 11 is 0. The molecule has 0 saturated carbocycles. The molecule has 0 bridgehead atoms. The Bertz CT molecular complexity index is 685. The molecule has 2 rings (SSSR count). The van der Waals surface area contributed by atoms with Gasteiger partial charge in [-0.15, -0.1) is 0 Å². The van der Waals surface area contributed by atoms with Gasteiger partial charge in [0.2, 0.25) is 0 Å². The van der Waals surface area contributed by atoms with Crippen molar-refractivity contribution < 1.29 is 44.0 Å². The number of hydrogen-bond acceptors (Lipinski definition) is 2. The van der Waals surface area contributed by atoms with Gasteiger partial charge in [0.15, 0.2) is 0 Å². The molecule has 0 unspecified atom stereocenters. The molecule has 0 aliphatic heterocycles. The van der Waals surface area contributed by atoms with Crippen LogP contribution in [0.5, 0.6) is 0 Å². The van der Waals surface area contributed by atoms with E-state index in [4.69, 9.17) is 4.55 Å². The summed E-state index contributed by atoms with van der Waals surface area (Å²) in [5, 5.41) is 0. The van der Waals surface area contributed by atoms with E-state index in [1.54, 1.807) is 6.07 Å². The standard InChI is InChI=1S/C15H16O3S.Na.H/c1-15(2,12-7-4-3-5-8-12)13-9-6-10-14(11-13)19(16,17)18;;/h3-11H,1-2H3,(H,16,17,18);;/q;+1;-1. The molecule has 20 heavy (non-hydrogen) atoms. The van der Waals surface area contributed by atoms with Crippen LogP contribution in [0.25, 0.3) is 0 Å². The van der Waals surface area contributed by atoms with E-state index < -0.39 is 10.1 Å². The molecule has 0 saturated heterocycles. The van der Waals surface area contributed by atoms with Crippen molar-refractivity contribution in [3.05, 3.63) is 65.7 Å². The zero-order valence-electron chi connectivity index (χ0n) is 12.9. The summed E-state index contributed by atoms with van der Waals surface area (Å²) < 4.78 is 31.5. The van der Waals surface area contributed by atoms with E-state index in [9.17, 15) is 8.42 Å². The van der Waals surface area contributed by atoms with Crippen LogP contribution in [0, 0.1) is 0 Å². The van der Waals surface area contributed by atoms with Crippen LogP contribution < -0.4 is 29.6 Å². The van der Waals surface area contributed by atoms with Crippen molar-refractivity contribution in [2.45, 2.75) is 24.2 Å². The van der Waals surface area contributed by atoms with Crippen molar-refractivity contribution in [3.8, 4) is 0 Å². The summed E-state index contributed by atoms with van der Waals surface area (Å²) in [4.78, 5) is -0.0750. The van der Waals surface area contributed by atoms with E-state index >= 15 is 0 Å². The quantitative estimate of drug-likeness (QED) is 0.658. The summed E-state index contributed by atoms with van der Waals surface area (Å²) in [5.41, 5.74) is 1.60. The molecule has 0 fully saturated rings. The van der Waals surface area contributed by atoms with Gasteiger partial charge in [-0.2, -0.15) is 8.42 Å². The Labute approximate surface area is 143 Å². The smallest absolute Gasteiger partial charge is 1.00 e. The second-order valence-corrected chi connectivity index (χ2v) is 6.42.